The van der Waals surface area contributed by atoms with Gasteiger partial charge in [0.2, 0.25) is 5.91 Å². The summed E-state index contributed by atoms with van der Waals surface area (Å²) >= 11 is 3.29. The maximum Gasteiger partial charge on any atom is 0.294 e. The predicted octanol–water partition coefficient (Wildman–Crippen LogP) is 3.63. The minimum atomic E-state index is -2.92. The Balaban J connectivity index is 1.55. The molecule has 0 spiro atoms. The number of piperidine rings is 3. The van der Waals surface area contributed by atoms with Crippen LogP contribution < -0.4 is 10.6 Å². The highest BCUT2D eigenvalue weighted by molar-refractivity contribution is 9.10. The van der Waals surface area contributed by atoms with Crippen LogP contribution in [0, 0.1) is 16.0 Å². The first kappa shape index (κ1) is 25.7. The average molecular weight is 558 g/mol. The van der Waals surface area contributed by atoms with Gasteiger partial charge in [0.1, 0.15) is 5.69 Å². The Labute approximate surface area is 210 Å². The number of hydrogen-bond donors (Lipinski definition) is 2. The van der Waals surface area contributed by atoms with Crippen LogP contribution in [-0.4, -0.2) is 77.8 Å². The zero-order valence-electron chi connectivity index (χ0n) is 19.4. The lowest BCUT2D eigenvalue weighted by molar-refractivity contribution is -0.384. The number of alkyl halides is 2. The number of nitrogens with one attached hydrogen (secondary N) is 2. The Hall–Kier alpha value is -2.34. The van der Waals surface area contributed by atoms with Gasteiger partial charge in [-0.25, -0.2) is 8.78 Å². The van der Waals surface area contributed by atoms with Gasteiger partial charge in [0.15, 0.2) is 0 Å². The molecule has 0 saturated carbocycles. The topological polar surface area (TPSA) is 108 Å². The van der Waals surface area contributed by atoms with Gasteiger partial charge >= 0.3 is 0 Å². The summed E-state index contributed by atoms with van der Waals surface area (Å²) in [5, 5.41) is 17.7. The maximum atomic E-state index is 13.8. The fraction of sp³-hybridized carbons (Fsp3) is 0.652. The monoisotopic (exact) mass is 557 g/mol. The van der Waals surface area contributed by atoms with E-state index in [1.54, 1.807) is 15.9 Å². The highest BCUT2D eigenvalue weighted by atomic mass is 79.9. The number of hydrogen-bond acceptors (Lipinski definition) is 6. The van der Waals surface area contributed by atoms with Crippen LogP contribution in [-0.2, 0) is 4.79 Å². The molecule has 192 valence electrons. The Morgan fingerprint density at radius 1 is 1.14 bits per heavy atom. The number of nitro groups is 1. The van der Waals surface area contributed by atoms with E-state index < -0.39 is 29.7 Å². The number of likely N-dealkylation sites (tertiary alicyclic amines) is 2. The second kappa shape index (κ2) is 10.7. The van der Waals surface area contributed by atoms with E-state index in [0.29, 0.717) is 36.9 Å². The number of carbonyl (C=O) groups excluding carboxylic acids is 2. The van der Waals surface area contributed by atoms with Crippen molar-refractivity contribution in [3.05, 3.63) is 32.3 Å². The van der Waals surface area contributed by atoms with Gasteiger partial charge in [0, 0.05) is 55.7 Å². The first-order chi connectivity index (χ1) is 16.6. The van der Waals surface area contributed by atoms with Crippen LogP contribution in [0.1, 0.15) is 48.9 Å². The van der Waals surface area contributed by atoms with Gasteiger partial charge < -0.3 is 20.4 Å². The number of anilines is 1. The molecule has 1 unspecified atom stereocenters. The third-order valence-corrected chi connectivity index (χ3v) is 7.36. The quantitative estimate of drug-likeness (QED) is 0.422. The lowest BCUT2D eigenvalue weighted by atomic mass is 9.94. The molecule has 0 aliphatic carbocycles. The first-order valence-corrected chi connectivity index (χ1v) is 12.8. The molecule has 3 heterocycles. The normalized spacial score (nSPS) is 24.7. The van der Waals surface area contributed by atoms with Crippen LogP contribution in [0.5, 0.6) is 0 Å². The van der Waals surface area contributed by atoms with Crippen LogP contribution in [0.4, 0.5) is 20.2 Å². The minimum absolute atomic E-state index is 0.138. The van der Waals surface area contributed by atoms with Crippen molar-refractivity contribution in [1.82, 2.24) is 15.1 Å². The molecule has 2 amide bonds. The molecule has 2 atom stereocenters. The van der Waals surface area contributed by atoms with Gasteiger partial charge in [0.05, 0.1) is 22.9 Å². The van der Waals surface area contributed by atoms with Crippen LogP contribution in [0.3, 0.4) is 0 Å². The summed E-state index contributed by atoms with van der Waals surface area (Å²) in [4.78, 5) is 41.0. The lowest BCUT2D eigenvalue weighted by Gasteiger charge is -2.38. The van der Waals surface area contributed by atoms with Crippen LogP contribution in [0.15, 0.2) is 16.6 Å². The third-order valence-electron chi connectivity index (χ3n) is 6.90. The molecule has 12 heteroatoms. The Kier molecular flexibility index (Phi) is 7.89. The van der Waals surface area contributed by atoms with Gasteiger partial charge in [0.25, 0.3) is 17.5 Å². The molecule has 0 bridgehead atoms. The smallest absolute Gasteiger partial charge is 0.294 e. The van der Waals surface area contributed by atoms with E-state index in [2.05, 4.69) is 26.6 Å². The highest BCUT2D eigenvalue weighted by Gasteiger charge is 2.41. The number of benzene rings is 1. The third kappa shape index (κ3) is 6.08. The summed E-state index contributed by atoms with van der Waals surface area (Å²) in [6, 6.07) is 2.60. The summed E-state index contributed by atoms with van der Waals surface area (Å²) in [6.07, 6.45) is 3.59. The summed E-state index contributed by atoms with van der Waals surface area (Å²) in [5.74, 6) is -4.33. The molecule has 3 aliphatic heterocycles. The fourth-order valence-corrected chi connectivity index (χ4v) is 5.64. The molecule has 3 saturated heterocycles. The molecule has 3 fully saturated rings. The number of halogens is 3. The first-order valence-electron chi connectivity index (χ1n) is 12.1. The Morgan fingerprint density at radius 2 is 1.86 bits per heavy atom. The van der Waals surface area contributed by atoms with Crippen LogP contribution in [0.25, 0.3) is 0 Å². The van der Waals surface area contributed by atoms with Crippen molar-refractivity contribution in [2.45, 2.75) is 50.5 Å². The summed E-state index contributed by atoms with van der Waals surface area (Å²) in [6.45, 7) is 1.65. The van der Waals surface area contributed by atoms with E-state index in [0.717, 1.165) is 19.3 Å². The zero-order chi connectivity index (χ0) is 25.2. The van der Waals surface area contributed by atoms with E-state index in [-0.39, 0.29) is 47.9 Å². The van der Waals surface area contributed by atoms with E-state index in [1.165, 1.54) is 6.07 Å². The molecular weight excluding hydrogens is 528 g/mol. The van der Waals surface area contributed by atoms with Crippen molar-refractivity contribution < 1.29 is 23.3 Å². The van der Waals surface area contributed by atoms with Crippen molar-refractivity contribution in [3.8, 4) is 0 Å². The number of nitrogens with zero attached hydrogens (tertiary/aromatic N) is 3. The zero-order valence-corrected chi connectivity index (χ0v) is 21.0. The highest BCUT2D eigenvalue weighted by Crippen LogP contribution is 2.35. The van der Waals surface area contributed by atoms with E-state index in [1.807, 2.05) is 0 Å². The van der Waals surface area contributed by atoms with E-state index >= 15 is 0 Å². The molecule has 1 aromatic carbocycles. The van der Waals surface area contributed by atoms with E-state index in [9.17, 15) is 28.5 Å². The summed E-state index contributed by atoms with van der Waals surface area (Å²) < 4.78 is 28.1. The second-order valence-electron chi connectivity index (χ2n) is 9.61. The molecule has 1 aromatic rings. The van der Waals surface area contributed by atoms with Crippen molar-refractivity contribution in [2.75, 3.05) is 44.6 Å². The Morgan fingerprint density at radius 3 is 2.54 bits per heavy atom. The van der Waals surface area contributed by atoms with Gasteiger partial charge in [-0.15, -0.1) is 0 Å². The van der Waals surface area contributed by atoms with Gasteiger partial charge in [-0.05, 0) is 38.2 Å². The lowest BCUT2D eigenvalue weighted by Crippen LogP contribution is -2.53. The minimum Gasteiger partial charge on any atom is -0.374 e. The molecule has 0 aromatic heterocycles. The van der Waals surface area contributed by atoms with Crippen molar-refractivity contribution >= 4 is 39.1 Å². The van der Waals surface area contributed by atoms with Gasteiger partial charge in [-0.3, -0.25) is 19.7 Å². The van der Waals surface area contributed by atoms with Gasteiger partial charge in [-0.2, -0.15) is 0 Å². The van der Waals surface area contributed by atoms with Crippen LogP contribution in [0.2, 0.25) is 0 Å². The standard InChI is InChI=1S/C23H30BrF2N5O4/c24-16-9-18(22(33)29-6-2-1-3-7-29)20(19(10-16)31(34)35)28-17-5-4-8-30(13-17)21(32)15-11-23(25,26)14-27-12-15/h9-10,15,17,27-28H,1-8,11-14H2/t15?,17-/m1/s1. The second-order valence-corrected chi connectivity index (χ2v) is 10.5. The fourth-order valence-electron chi connectivity index (χ4n) is 5.19. The van der Waals surface area contributed by atoms with Crippen LogP contribution >= 0.6 is 15.9 Å². The van der Waals surface area contributed by atoms with E-state index in [4.69, 9.17) is 0 Å². The van der Waals surface area contributed by atoms with Crippen molar-refractivity contribution in [1.29, 1.82) is 0 Å². The number of nitro benzene ring substituents is 1. The molecule has 3 aliphatic rings. The largest absolute Gasteiger partial charge is 0.374 e. The molecule has 9 nitrogen and oxygen atoms in total. The Bertz CT molecular complexity index is 989. The summed E-state index contributed by atoms with van der Waals surface area (Å²) in [7, 11) is 0. The van der Waals surface area contributed by atoms with Crippen molar-refractivity contribution in [2.24, 2.45) is 5.92 Å². The number of rotatable bonds is 5. The number of amides is 2. The maximum absolute atomic E-state index is 13.8. The van der Waals surface area contributed by atoms with Crippen molar-refractivity contribution in [3.63, 3.8) is 0 Å². The molecule has 0 radical (unpaired) electrons. The molecular formula is C23H30BrF2N5O4. The molecule has 2 N–H and O–H groups in total. The molecule has 35 heavy (non-hydrogen) atoms. The molecule has 4 rings (SSSR count). The summed E-state index contributed by atoms with van der Waals surface area (Å²) in [5.41, 5.74) is 0.130. The van der Waals surface area contributed by atoms with Gasteiger partial charge in [-0.1, -0.05) is 15.9 Å². The average Bonchev–Trinajstić information content (AvgIpc) is 2.84. The SMILES string of the molecule is O=C(c1cc(Br)cc([N+](=O)[O-])c1N[C@@H]1CCCN(C(=O)C2CNCC(F)(F)C2)C1)N1CCCCC1. The predicted molar refractivity (Wildman–Crippen MR) is 130 cm³/mol. The number of carbonyl (C=O) groups is 2.